The minimum absolute atomic E-state index is 0.661. The zero-order valence-electron chi connectivity index (χ0n) is 12.9. The van der Waals surface area contributed by atoms with Gasteiger partial charge in [-0.1, -0.05) is 60.7 Å². The maximum Gasteiger partial charge on any atom is 0.335 e. The van der Waals surface area contributed by atoms with E-state index in [-0.39, 0.29) is 0 Å². The Labute approximate surface area is 140 Å². The molecule has 4 heteroatoms. The highest BCUT2D eigenvalue weighted by molar-refractivity contribution is 5.92. The number of carbonyl (C=O) groups excluding carboxylic acids is 2. The van der Waals surface area contributed by atoms with Gasteiger partial charge in [-0.3, -0.25) is 0 Å². The zero-order chi connectivity index (χ0) is 17.0. The number of hydrogen-bond acceptors (Lipinski definition) is 4. The molecule has 2 aromatic rings. The van der Waals surface area contributed by atoms with Gasteiger partial charge in [0.15, 0.2) is 0 Å². The molecule has 0 aliphatic carbocycles. The van der Waals surface area contributed by atoms with E-state index in [4.69, 9.17) is 9.47 Å². The van der Waals surface area contributed by atoms with Crippen LogP contribution in [0.3, 0.4) is 0 Å². The first-order valence-electron chi connectivity index (χ1n) is 7.26. The van der Waals surface area contributed by atoms with E-state index < -0.39 is 11.9 Å². The molecule has 4 nitrogen and oxygen atoms in total. The van der Waals surface area contributed by atoms with E-state index in [1.165, 1.54) is 12.5 Å². The molecule has 0 heterocycles. The number of carbonyl (C=O) groups is 2. The average Bonchev–Trinajstić information content (AvgIpc) is 2.62. The molecule has 24 heavy (non-hydrogen) atoms. The Morgan fingerprint density at radius 1 is 0.625 bits per heavy atom. The van der Waals surface area contributed by atoms with Gasteiger partial charge >= 0.3 is 11.9 Å². The standard InChI is InChI=1S/C20H16O4/c21-19(23-15-13-17-7-3-1-4-8-17)11-12-20(22)24-16-14-18-9-5-2-6-10-18/h1-16H/b12-11-,15-13?,16-14?. The van der Waals surface area contributed by atoms with E-state index >= 15 is 0 Å². The van der Waals surface area contributed by atoms with E-state index in [1.54, 1.807) is 12.2 Å². The van der Waals surface area contributed by atoms with Crippen LogP contribution in [0.4, 0.5) is 0 Å². The summed E-state index contributed by atoms with van der Waals surface area (Å²) in [6, 6.07) is 18.8. The van der Waals surface area contributed by atoms with Crippen molar-refractivity contribution in [2.45, 2.75) is 0 Å². The second-order valence-corrected chi connectivity index (χ2v) is 4.63. The van der Waals surface area contributed by atoms with Crippen LogP contribution in [0.1, 0.15) is 11.1 Å². The molecule has 0 spiro atoms. The van der Waals surface area contributed by atoms with Crippen LogP contribution >= 0.6 is 0 Å². The van der Waals surface area contributed by atoms with E-state index in [9.17, 15) is 9.59 Å². The lowest BCUT2D eigenvalue weighted by molar-refractivity contribution is -0.135. The van der Waals surface area contributed by atoms with E-state index in [1.807, 2.05) is 60.7 Å². The lowest BCUT2D eigenvalue weighted by Crippen LogP contribution is -1.98. The van der Waals surface area contributed by atoms with Crippen molar-refractivity contribution in [1.82, 2.24) is 0 Å². The second kappa shape index (κ2) is 9.58. The van der Waals surface area contributed by atoms with Crippen molar-refractivity contribution in [3.8, 4) is 0 Å². The summed E-state index contributed by atoms with van der Waals surface area (Å²) in [5, 5.41) is 0. The van der Waals surface area contributed by atoms with Crippen molar-refractivity contribution in [2.24, 2.45) is 0 Å². The summed E-state index contributed by atoms with van der Waals surface area (Å²) in [6.45, 7) is 0. The molecule has 0 radical (unpaired) electrons. The fourth-order valence-corrected chi connectivity index (χ4v) is 1.70. The molecule has 2 aromatic carbocycles. The van der Waals surface area contributed by atoms with Crippen molar-refractivity contribution in [3.05, 3.63) is 96.5 Å². The van der Waals surface area contributed by atoms with Gasteiger partial charge in [0.25, 0.3) is 0 Å². The molecule has 0 saturated carbocycles. The third-order valence-electron chi connectivity index (χ3n) is 2.84. The van der Waals surface area contributed by atoms with Gasteiger partial charge in [-0.15, -0.1) is 0 Å². The fourth-order valence-electron chi connectivity index (χ4n) is 1.70. The van der Waals surface area contributed by atoms with Gasteiger partial charge in [-0.05, 0) is 23.3 Å². The van der Waals surface area contributed by atoms with Crippen LogP contribution in [0.5, 0.6) is 0 Å². The van der Waals surface area contributed by atoms with Gasteiger partial charge in [0.1, 0.15) is 0 Å². The highest BCUT2D eigenvalue weighted by Crippen LogP contribution is 2.02. The van der Waals surface area contributed by atoms with Crippen molar-refractivity contribution in [3.63, 3.8) is 0 Å². The van der Waals surface area contributed by atoms with Crippen LogP contribution in [-0.4, -0.2) is 11.9 Å². The maximum absolute atomic E-state index is 11.4. The van der Waals surface area contributed by atoms with E-state index in [0.29, 0.717) is 0 Å². The fraction of sp³-hybridized carbons (Fsp3) is 0. The van der Waals surface area contributed by atoms with Crippen LogP contribution in [0.2, 0.25) is 0 Å². The number of esters is 2. The smallest absolute Gasteiger partial charge is 0.335 e. The SMILES string of the molecule is O=C(/C=C\C(=O)OC=Cc1ccccc1)OC=Cc1ccccc1. The van der Waals surface area contributed by atoms with Gasteiger partial charge in [0, 0.05) is 12.2 Å². The Hall–Kier alpha value is -3.40. The molecule has 0 bridgehead atoms. The molecular formula is C20H16O4. The number of hydrogen-bond donors (Lipinski definition) is 0. The summed E-state index contributed by atoms with van der Waals surface area (Å²) in [5.41, 5.74) is 1.81. The van der Waals surface area contributed by atoms with Crippen LogP contribution in [0.25, 0.3) is 12.2 Å². The molecule has 120 valence electrons. The molecule has 2 rings (SSSR count). The number of rotatable bonds is 6. The highest BCUT2D eigenvalue weighted by atomic mass is 16.5. The largest absolute Gasteiger partial charge is 0.431 e. The summed E-state index contributed by atoms with van der Waals surface area (Å²) in [7, 11) is 0. The van der Waals surface area contributed by atoms with Crippen molar-refractivity contribution < 1.29 is 19.1 Å². The Balaban J connectivity index is 1.73. The van der Waals surface area contributed by atoms with Gasteiger partial charge in [0.2, 0.25) is 0 Å². The van der Waals surface area contributed by atoms with Crippen LogP contribution in [-0.2, 0) is 19.1 Å². The average molecular weight is 320 g/mol. The summed E-state index contributed by atoms with van der Waals surface area (Å²) in [6.07, 6.45) is 7.84. The first-order chi connectivity index (χ1) is 11.7. The topological polar surface area (TPSA) is 52.6 Å². The van der Waals surface area contributed by atoms with Crippen LogP contribution in [0.15, 0.2) is 85.3 Å². The summed E-state index contributed by atoms with van der Waals surface area (Å²) < 4.78 is 9.68. The van der Waals surface area contributed by atoms with Gasteiger partial charge in [-0.25, -0.2) is 9.59 Å². The molecule has 0 N–H and O–H groups in total. The lowest BCUT2D eigenvalue weighted by Gasteiger charge is -1.95. The van der Waals surface area contributed by atoms with Gasteiger partial charge in [0.05, 0.1) is 12.5 Å². The summed E-state index contributed by atoms with van der Waals surface area (Å²) in [4.78, 5) is 22.9. The molecule has 0 atom stereocenters. The molecule has 0 aromatic heterocycles. The first-order valence-corrected chi connectivity index (χ1v) is 7.26. The van der Waals surface area contributed by atoms with Gasteiger partial charge in [-0.2, -0.15) is 0 Å². The minimum Gasteiger partial charge on any atom is -0.431 e. The normalized spacial score (nSPS) is 11.2. The molecule has 0 fully saturated rings. The Bertz CT molecular complexity index is 678. The number of benzene rings is 2. The second-order valence-electron chi connectivity index (χ2n) is 4.63. The summed E-state index contributed by atoms with van der Waals surface area (Å²) in [5.74, 6) is -1.32. The lowest BCUT2D eigenvalue weighted by atomic mass is 10.2. The zero-order valence-corrected chi connectivity index (χ0v) is 12.9. The third kappa shape index (κ3) is 6.58. The number of ether oxygens (including phenoxy) is 2. The van der Waals surface area contributed by atoms with Crippen molar-refractivity contribution >= 4 is 24.1 Å². The molecule has 0 saturated heterocycles. The Morgan fingerprint density at radius 3 is 1.38 bits per heavy atom. The van der Waals surface area contributed by atoms with E-state index in [0.717, 1.165) is 23.3 Å². The minimum atomic E-state index is -0.661. The third-order valence-corrected chi connectivity index (χ3v) is 2.84. The van der Waals surface area contributed by atoms with Crippen LogP contribution in [0, 0.1) is 0 Å². The van der Waals surface area contributed by atoms with Gasteiger partial charge < -0.3 is 9.47 Å². The molecule has 0 amide bonds. The molecular weight excluding hydrogens is 304 g/mol. The summed E-state index contributed by atoms with van der Waals surface area (Å²) >= 11 is 0. The molecule has 0 aliphatic heterocycles. The maximum atomic E-state index is 11.4. The van der Waals surface area contributed by atoms with Crippen LogP contribution < -0.4 is 0 Å². The predicted octanol–water partition coefficient (Wildman–Crippen LogP) is 3.97. The van der Waals surface area contributed by atoms with E-state index in [2.05, 4.69) is 0 Å². The highest BCUT2D eigenvalue weighted by Gasteiger charge is 1.98. The monoisotopic (exact) mass is 320 g/mol. The molecule has 0 aliphatic rings. The van der Waals surface area contributed by atoms with Crippen molar-refractivity contribution in [1.29, 1.82) is 0 Å². The first kappa shape index (κ1) is 17.0. The van der Waals surface area contributed by atoms with Crippen molar-refractivity contribution in [2.75, 3.05) is 0 Å². The Kier molecular flexibility index (Phi) is 6.77. The molecule has 0 unspecified atom stereocenters. The Morgan fingerprint density at radius 2 is 1.00 bits per heavy atom. The predicted molar refractivity (Wildman–Crippen MR) is 92.3 cm³/mol. The quantitative estimate of drug-likeness (QED) is 0.459.